The van der Waals surface area contributed by atoms with E-state index in [1.54, 1.807) is 11.3 Å². The first kappa shape index (κ1) is 13.8. The smallest absolute Gasteiger partial charge is 0.162 e. The molecule has 1 N–H and O–H groups in total. The van der Waals surface area contributed by atoms with E-state index in [2.05, 4.69) is 16.8 Å². The summed E-state index contributed by atoms with van der Waals surface area (Å²) in [7, 11) is 0. The number of furan rings is 1. The number of likely N-dealkylation sites (tertiary alicyclic amines) is 1. The Labute approximate surface area is 123 Å². The molecule has 1 fully saturated rings. The number of nitrogens with zero attached hydrogens (tertiary/aromatic N) is 2. The number of hydrogen-bond donors (Lipinski definition) is 1. The first-order valence-electron chi connectivity index (χ1n) is 6.98. The summed E-state index contributed by atoms with van der Waals surface area (Å²) in [5.41, 5.74) is -0.0780. The van der Waals surface area contributed by atoms with Crippen molar-refractivity contribution in [1.82, 2.24) is 9.88 Å². The average Bonchev–Trinajstić information content (AvgIpc) is 3.12. The van der Waals surface area contributed by atoms with Crippen LogP contribution in [0.4, 0.5) is 0 Å². The molecule has 3 heterocycles. The summed E-state index contributed by atoms with van der Waals surface area (Å²) in [4.78, 5) is 8.03. The van der Waals surface area contributed by atoms with Crippen molar-refractivity contribution in [3.63, 3.8) is 0 Å². The molecule has 1 aliphatic rings. The molecule has 2 aromatic rings. The van der Waals surface area contributed by atoms with Crippen LogP contribution in [0.25, 0.3) is 10.8 Å². The third-order valence-corrected chi connectivity index (χ3v) is 5.10. The molecule has 0 spiro atoms. The molecule has 1 saturated heterocycles. The minimum atomic E-state index is -0.0780. The molecule has 1 atom stereocenters. The first-order chi connectivity index (χ1) is 9.60. The summed E-state index contributed by atoms with van der Waals surface area (Å²) in [6.45, 7) is 6.20. The van der Waals surface area contributed by atoms with Crippen molar-refractivity contribution >= 4 is 11.3 Å². The maximum atomic E-state index is 9.59. The Morgan fingerprint density at radius 1 is 1.50 bits per heavy atom. The average molecular weight is 292 g/mol. The molecular weight excluding hydrogens is 272 g/mol. The number of rotatable bonds is 4. The predicted octanol–water partition coefficient (Wildman–Crippen LogP) is 3.06. The predicted molar refractivity (Wildman–Crippen MR) is 79.7 cm³/mol. The normalized spacial score (nSPS) is 23.6. The molecule has 5 heteroatoms. The van der Waals surface area contributed by atoms with Crippen LogP contribution in [-0.2, 0) is 6.54 Å². The number of aryl methyl sites for hydroxylation is 1. The highest BCUT2D eigenvalue weighted by molar-refractivity contribution is 7.14. The molecule has 0 radical (unpaired) electrons. The lowest BCUT2D eigenvalue weighted by atomic mass is 10.0. The van der Waals surface area contributed by atoms with E-state index in [1.807, 2.05) is 25.3 Å². The maximum Gasteiger partial charge on any atom is 0.162 e. The van der Waals surface area contributed by atoms with Gasteiger partial charge in [-0.15, -0.1) is 11.3 Å². The molecule has 2 aromatic heterocycles. The summed E-state index contributed by atoms with van der Waals surface area (Å²) >= 11 is 1.67. The molecule has 0 unspecified atom stereocenters. The zero-order chi connectivity index (χ0) is 14.2. The Bertz CT molecular complexity index is 592. The van der Waals surface area contributed by atoms with Gasteiger partial charge in [0.1, 0.15) is 5.76 Å². The minimum Gasteiger partial charge on any atom is -0.459 e. The third kappa shape index (κ3) is 2.53. The van der Waals surface area contributed by atoms with Crippen molar-refractivity contribution in [3.8, 4) is 10.8 Å². The molecule has 0 amide bonds. The van der Waals surface area contributed by atoms with Crippen LogP contribution in [0.5, 0.6) is 0 Å². The molecule has 1 aliphatic heterocycles. The van der Waals surface area contributed by atoms with E-state index in [-0.39, 0.29) is 12.1 Å². The Hall–Kier alpha value is -1.17. The zero-order valence-corrected chi connectivity index (χ0v) is 12.7. The van der Waals surface area contributed by atoms with Crippen LogP contribution >= 0.6 is 11.3 Å². The molecule has 0 saturated carbocycles. The van der Waals surface area contributed by atoms with E-state index < -0.39 is 0 Å². The SMILES string of the molecule is Cc1ccc(-c2ncc(CN3CCC[C@]3(C)CO)s2)o1. The van der Waals surface area contributed by atoms with Crippen molar-refractivity contribution in [3.05, 3.63) is 29.0 Å². The fraction of sp³-hybridized carbons (Fsp3) is 0.533. The van der Waals surface area contributed by atoms with Gasteiger partial charge in [-0.2, -0.15) is 0 Å². The largest absolute Gasteiger partial charge is 0.459 e. The highest BCUT2D eigenvalue weighted by Gasteiger charge is 2.35. The second-order valence-electron chi connectivity index (χ2n) is 5.72. The quantitative estimate of drug-likeness (QED) is 0.941. The van der Waals surface area contributed by atoms with Crippen molar-refractivity contribution < 1.29 is 9.52 Å². The molecule has 20 heavy (non-hydrogen) atoms. The van der Waals surface area contributed by atoms with Crippen molar-refractivity contribution in [1.29, 1.82) is 0 Å². The van der Waals surface area contributed by atoms with Crippen LogP contribution in [-0.4, -0.2) is 33.7 Å². The molecule has 0 aliphatic carbocycles. The van der Waals surface area contributed by atoms with E-state index in [4.69, 9.17) is 4.42 Å². The van der Waals surface area contributed by atoms with Gasteiger partial charge in [0, 0.05) is 23.2 Å². The van der Waals surface area contributed by atoms with Gasteiger partial charge >= 0.3 is 0 Å². The zero-order valence-electron chi connectivity index (χ0n) is 11.9. The fourth-order valence-corrected chi connectivity index (χ4v) is 3.65. The lowest BCUT2D eigenvalue weighted by Crippen LogP contribution is -2.43. The summed E-state index contributed by atoms with van der Waals surface area (Å²) in [6, 6.07) is 3.92. The van der Waals surface area contributed by atoms with Gasteiger partial charge in [-0.3, -0.25) is 4.90 Å². The standard InChI is InChI=1S/C15H20N2O2S/c1-11-4-5-13(19-11)14-16-8-12(20-14)9-17-7-3-6-15(17,2)10-18/h4-5,8,18H,3,6-7,9-10H2,1-2H3/t15-/m1/s1. The van der Waals surface area contributed by atoms with Gasteiger partial charge in [-0.05, 0) is 45.4 Å². The highest BCUT2D eigenvalue weighted by atomic mass is 32.1. The van der Waals surface area contributed by atoms with Crippen molar-refractivity contribution in [2.45, 2.75) is 38.8 Å². The van der Waals surface area contributed by atoms with Gasteiger partial charge < -0.3 is 9.52 Å². The molecule has 4 nitrogen and oxygen atoms in total. The molecule has 0 aromatic carbocycles. The lowest BCUT2D eigenvalue weighted by Gasteiger charge is -2.32. The Morgan fingerprint density at radius 3 is 3.05 bits per heavy atom. The van der Waals surface area contributed by atoms with Gasteiger partial charge in [0.25, 0.3) is 0 Å². The van der Waals surface area contributed by atoms with E-state index in [9.17, 15) is 5.11 Å². The molecule has 108 valence electrons. The monoisotopic (exact) mass is 292 g/mol. The molecule has 0 bridgehead atoms. The van der Waals surface area contributed by atoms with Gasteiger partial charge in [0.05, 0.1) is 6.61 Å². The minimum absolute atomic E-state index is 0.0780. The van der Waals surface area contributed by atoms with Gasteiger partial charge in [-0.25, -0.2) is 4.98 Å². The third-order valence-electron chi connectivity index (χ3n) is 4.10. The Morgan fingerprint density at radius 2 is 2.35 bits per heavy atom. The summed E-state index contributed by atoms with van der Waals surface area (Å²) < 4.78 is 5.61. The second kappa shape index (κ2) is 5.31. The molecular formula is C15H20N2O2S. The van der Waals surface area contributed by atoms with Gasteiger partial charge in [0.2, 0.25) is 0 Å². The lowest BCUT2D eigenvalue weighted by molar-refractivity contribution is 0.0741. The highest BCUT2D eigenvalue weighted by Crippen LogP contribution is 2.33. The molecule has 3 rings (SSSR count). The first-order valence-corrected chi connectivity index (χ1v) is 7.80. The Kier molecular flexibility index (Phi) is 3.67. The van der Waals surface area contributed by atoms with Crippen LogP contribution in [0.3, 0.4) is 0 Å². The summed E-state index contributed by atoms with van der Waals surface area (Å²) in [6.07, 6.45) is 4.14. The van der Waals surface area contributed by atoms with E-state index in [0.29, 0.717) is 0 Å². The van der Waals surface area contributed by atoms with Crippen LogP contribution < -0.4 is 0 Å². The van der Waals surface area contributed by atoms with Crippen LogP contribution in [0.15, 0.2) is 22.7 Å². The maximum absolute atomic E-state index is 9.59. The van der Waals surface area contributed by atoms with Crippen molar-refractivity contribution in [2.75, 3.05) is 13.2 Å². The van der Waals surface area contributed by atoms with Gasteiger partial charge in [-0.1, -0.05) is 0 Å². The number of aliphatic hydroxyl groups is 1. The summed E-state index contributed by atoms with van der Waals surface area (Å²) in [5.74, 6) is 1.74. The van der Waals surface area contributed by atoms with Gasteiger partial charge in [0.15, 0.2) is 10.8 Å². The van der Waals surface area contributed by atoms with Crippen LogP contribution in [0, 0.1) is 6.92 Å². The van der Waals surface area contributed by atoms with Crippen LogP contribution in [0.2, 0.25) is 0 Å². The van der Waals surface area contributed by atoms with E-state index >= 15 is 0 Å². The second-order valence-corrected chi connectivity index (χ2v) is 6.84. The number of aliphatic hydroxyl groups excluding tert-OH is 1. The number of aromatic nitrogens is 1. The van der Waals surface area contributed by atoms with Crippen molar-refractivity contribution in [2.24, 2.45) is 0 Å². The fourth-order valence-electron chi connectivity index (χ4n) is 2.76. The summed E-state index contributed by atoms with van der Waals surface area (Å²) in [5, 5.41) is 10.5. The Balaban J connectivity index is 1.74. The van der Waals surface area contributed by atoms with E-state index in [0.717, 1.165) is 42.5 Å². The van der Waals surface area contributed by atoms with Crippen LogP contribution in [0.1, 0.15) is 30.4 Å². The number of thiazole rings is 1. The topological polar surface area (TPSA) is 49.5 Å². The number of hydrogen-bond acceptors (Lipinski definition) is 5. The van der Waals surface area contributed by atoms with E-state index in [1.165, 1.54) is 4.88 Å².